The van der Waals surface area contributed by atoms with Crippen LogP contribution in [0.4, 0.5) is 0 Å². The van der Waals surface area contributed by atoms with Gasteiger partial charge in [0.1, 0.15) is 0 Å². The zero-order valence-electron chi connectivity index (χ0n) is 8.03. The van der Waals surface area contributed by atoms with E-state index in [9.17, 15) is 8.42 Å². The Bertz CT molecular complexity index is 532. The van der Waals surface area contributed by atoms with Crippen LogP contribution < -0.4 is 0 Å². The summed E-state index contributed by atoms with van der Waals surface area (Å²) >= 11 is 7.43. The zero-order valence-corrected chi connectivity index (χ0v) is 10.4. The molecule has 0 atom stereocenters. The van der Waals surface area contributed by atoms with Crippen LogP contribution >= 0.6 is 23.4 Å². The molecule has 0 N–H and O–H groups in total. The standard InChI is InChI=1S/C10H9ClO2S2/c1-14-6-7-5-8-9(11)3-2-4-10(8)15(7,12)13/h2-5H,6H2,1H3. The van der Waals surface area contributed by atoms with Crippen molar-refractivity contribution < 1.29 is 8.42 Å². The van der Waals surface area contributed by atoms with Gasteiger partial charge < -0.3 is 0 Å². The van der Waals surface area contributed by atoms with E-state index in [1.165, 1.54) is 11.8 Å². The van der Waals surface area contributed by atoms with Crippen LogP contribution in [0.2, 0.25) is 5.02 Å². The molecular weight excluding hydrogens is 252 g/mol. The van der Waals surface area contributed by atoms with Gasteiger partial charge >= 0.3 is 0 Å². The maximum atomic E-state index is 12.0. The second-order valence-electron chi connectivity index (χ2n) is 3.20. The molecule has 0 aliphatic carbocycles. The molecule has 1 aromatic carbocycles. The number of fused-ring (bicyclic) bond motifs is 1. The van der Waals surface area contributed by atoms with Gasteiger partial charge in [0.15, 0.2) is 0 Å². The van der Waals surface area contributed by atoms with Crippen LogP contribution in [0, 0.1) is 0 Å². The van der Waals surface area contributed by atoms with Crippen molar-refractivity contribution >= 4 is 39.3 Å². The first-order valence-corrected chi connectivity index (χ1v) is 7.56. The zero-order chi connectivity index (χ0) is 11.1. The smallest absolute Gasteiger partial charge is 0.204 e. The normalized spacial score (nSPS) is 17.3. The highest BCUT2D eigenvalue weighted by Gasteiger charge is 2.29. The average molecular weight is 261 g/mol. The van der Waals surface area contributed by atoms with Crippen LogP contribution in [0.15, 0.2) is 28.0 Å². The Hall–Kier alpha value is -0.450. The Labute approximate surface area is 98.2 Å². The molecule has 1 heterocycles. The van der Waals surface area contributed by atoms with Crippen molar-refractivity contribution in [1.29, 1.82) is 0 Å². The fourth-order valence-corrected chi connectivity index (χ4v) is 4.43. The molecule has 0 fully saturated rings. The lowest BCUT2D eigenvalue weighted by Gasteiger charge is -2.01. The van der Waals surface area contributed by atoms with E-state index in [1.807, 2.05) is 6.26 Å². The van der Waals surface area contributed by atoms with Crippen molar-refractivity contribution in [2.45, 2.75) is 4.90 Å². The van der Waals surface area contributed by atoms with E-state index in [0.29, 0.717) is 26.1 Å². The first kappa shape index (κ1) is 11.0. The molecule has 0 unspecified atom stereocenters. The van der Waals surface area contributed by atoms with Gasteiger partial charge in [-0.15, -0.1) is 0 Å². The van der Waals surface area contributed by atoms with Crippen molar-refractivity contribution in [3.05, 3.63) is 33.7 Å². The van der Waals surface area contributed by atoms with Gasteiger partial charge in [-0.05, 0) is 24.5 Å². The van der Waals surface area contributed by atoms with Crippen molar-refractivity contribution in [3.63, 3.8) is 0 Å². The summed E-state index contributed by atoms with van der Waals surface area (Å²) in [5.41, 5.74) is 0.628. The van der Waals surface area contributed by atoms with E-state index < -0.39 is 9.84 Å². The predicted molar refractivity (Wildman–Crippen MR) is 65.0 cm³/mol. The van der Waals surface area contributed by atoms with Gasteiger partial charge in [0.05, 0.1) is 9.80 Å². The van der Waals surface area contributed by atoms with Gasteiger partial charge in [0.2, 0.25) is 9.84 Å². The van der Waals surface area contributed by atoms with Gasteiger partial charge in [-0.25, -0.2) is 8.42 Å². The molecule has 80 valence electrons. The van der Waals surface area contributed by atoms with Gasteiger partial charge in [0.25, 0.3) is 0 Å². The quantitative estimate of drug-likeness (QED) is 0.820. The maximum absolute atomic E-state index is 12.0. The Morgan fingerprint density at radius 1 is 1.40 bits per heavy atom. The van der Waals surface area contributed by atoms with Gasteiger partial charge in [-0.1, -0.05) is 17.7 Å². The largest absolute Gasteiger partial charge is 0.219 e. The third-order valence-electron chi connectivity index (χ3n) is 2.24. The number of hydrogen-bond donors (Lipinski definition) is 0. The summed E-state index contributed by atoms with van der Waals surface area (Å²) in [6.45, 7) is 0. The topological polar surface area (TPSA) is 34.1 Å². The van der Waals surface area contributed by atoms with Crippen LogP contribution in [-0.2, 0) is 9.84 Å². The minimum Gasteiger partial charge on any atom is -0.219 e. The third-order valence-corrected chi connectivity index (χ3v) is 5.24. The molecule has 0 saturated carbocycles. The van der Waals surface area contributed by atoms with Crippen molar-refractivity contribution in [3.8, 4) is 0 Å². The SMILES string of the molecule is CSCC1=Cc2c(Cl)cccc2S1(=O)=O. The lowest BCUT2D eigenvalue weighted by Crippen LogP contribution is -2.02. The number of hydrogen-bond acceptors (Lipinski definition) is 3. The van der Waals surface area contributed by atoms with Crippen LogP contribution in [-0.4, -0.2) is 20.4 Å². The highest BCUT2D eigenvalue weighted by molar-refractivity contribution is 8.01. The van der Waals surface area contributed by atoms with E-state index in [0.717, 1.165) is 0 Å². The molecule has 0 saturated heterocycles. The molecule has 0 aromatic heterocycles. The predicted octanol–water partition coefficient (Wildman–Crippen LogP) is 2.83. The van der Waals surface area contributed by atoms with Gasteiger partial charge in [0, 0.05) is 16.3 Å². The Morgan fingerprint density at radius 2 is 2.13 bits per heavy atom. The summed E-state index contributed by atoms with van der Waals surface area (Å²) in [6, 6.07) is 4.96. The van der Waals surface area contributed by atoms with E-state index in [1.54, 1.807) is 24.3 Å². The molecule has 15 heavy (non-hydrogen) atoms. The molecule has 1 aromatic rings. The van der Waals surface area contributed by atoms with E-state index in [4.69, 9.17) is 11.6 Å². The average Bonchev–Trinajstić information content (AvgIpc) is 2.43. The summed E-state index contributed by atoms with van der Waals surface area (Å²) in [5.74, 6) is 0.493. The monoisotopic (exact) mass is 260 g/mol. The summed E-state index contributed by atoms with van der Waals surface area (Å²) in [7, 11) is -3.28. The molecular formula is C10H9ClO2S2. The number of thioether (sulfide) groups is 1. The van der Waals surface area contributed by atoms with E-state index in [2.05, 4.69) is 0 Å². The van der Waals surface area contributed by atoms with Crippen LogP contribution in [0.3, 0.4) is 0 Å². The molecule has 0 spiro atoms. The molecule has 1 aliphatic rings. The first-order chi connectivity index (χ1) is 7.07. The highest BCUT2D eigenvalue weighted by atomic mass is 35.5. The lowest BCUT2D eigenvalue weighted by atomic mass is 10.2. The van der Waals surface area contributed by atoms with Crippen LogP contribution in [0.5, 0.6) is 0 Å². The number of halogens is 1. The Morgan fingerprint density at radius 3 is 2.73 bits per heavy atom. The maximum Gasteiger partial charge on any atom is 0.204 e. The summed E-state index contributed by atoms with van der Waals surface area (Å²) in [4.78, 5) is 0.775. The van der Waals surface area contributed by atoms with E-state index >= 15 is 0 Å². The molecule has 2 rings (SSSR count). The minimum atomic E-state index is -3.28. The molecule has 0 radical (unpaired) electrons. The van der Waals surface area contributed by atoms with Gasteiger partial charge in [-0.2, -0.15) is 11.8 Å². The number of benzene rings is 1. The van der Waals surface area contributed by atoms with Crippen molar-refractivity contribution in [2.24, 2.45) is 0 Å². The second-order valence-corrected chi connectivity index (χ2v) is 6.44. The first-order valence-electron chi connectivity index (χ1n) is 4.30. The van der Waals surface area contributed by atoms with E-state index in [-0.39, 0.29) is 0 Å². The summed E-state index contributed by atoms with van der Waals surface area (Å²) < 4.78 is 24.0. The Balaban J connectivity index is 2.64. The molecule has 0 amide bonds. The second kappa shape index (κ2) is 3.85. The molecule has 1 aliphatic heterocycles. The van der Waals surface area contributed by atoms with Crippen molar-refractivity contribution in [1.82, 2.24) is 0 Å². The lowest BCUT2D eigenvalue weighted by molar-refractivity contribution is 0.603. The molecule has 0 bridgehead atoms. The molecule has 2 nitrogen and oxygen atoms in total. The van der Waals surface area contributed by atoms with Crippen molar-refractivity contribution in [2.75, 3.05) is 12.0 Å². The summed E-state index contributed by atoms with van der Waals surface area (Å²) in [6.07, 6.45) is 3.55. The highest BCUT2D eigenvalue weighted by Crippen LogP contribution is 2.37. The number of rotatable bonds is 2. The van der Waals surface area contributed by atoms with Gasteiger partial charge in [-0.3, -0.25) is 0 Å². The van der Waals surface area contributed by atoms with Crippen LogP contribution in [0.25, 0.3) is 6.08 Å². The molecule has 5 heteroatoms. The fraction of sp³-hybridized carbons (Fsp3) is 0.200. The summed E-state index contributed by atoms with van der Waals surface area (Å²) in [5, 5.41) is 0.493. The fourth-order valence-electron chi connectivity index (χ4n) is 1.53. The Kier molecular flexibility index (Phi) is 2.83. The van der Waals surface area contributed by atoms with Crippen LogP contribution in [0.1, 0.15) is 5.56 Å². The minimum absolute atomic E-state index is 0.332. The third kappa shape index (κ3) is 1.71. The number of sulfone groups is 1.